The number of nitrogens with one attached hydrogen (secondary N) is 1. The van der Waals surface area contributed by atoms with E-state index in [1.807, 2.05) is 12.1 Å². The number of likely N-dealkylation sites (tertiary alicyclic amines) is 1. The molecule has 0 aromatic heterocycles. The van der Waals surface area contributed by atoms with Crippen LogP contribution in [0, 0.1) is 0 Å². The van der Waals surface area contributed by atoms with Crippen LogP contribution in [0.15, 0.2) is 59.5 Å². The Hall–Kier alpha value is -2.67. The van der Waals surface area contributed by atoms with E-state index in [4.69, 9.17) is 0 Å². The number of hydrogen-bond acceptors (Lipinski definition) is 4. The van der Waals surface area contributed by atoms with Gasteiger partial charge in [0, 0.05) is 12.1 Å². The van der Waals surface area contributed by atoms with E-state index in [1.54, 1.807) is 37.3 Å². The molecule has 2 aromatic carbocycles. The molecule has 0 saturated carbocycles. The molecule has 154 valence electrons. The largest absolute Gasteiger partial charge is 0.324 e. The number of carbonyl (C=O) groups is 2. The number of amides is 2. The van der Waals surface area contributed by atoms with Crippen molar-refractivity contribution >= 4 is 21.8 Å². The zero-order valence-corrected chi connectivity index (χ0v) is 17.9. The molecule has 29 heavy (non-hydrogen) atoms. The normalized spacial score (nSPS) is 19.4. The molecule has 1 saturated heterocycles. The van der Waals surface area contributed by atoms with Crippen molar-refractivity contribution in [2.45, 2.75) is 50.0 Å². The fourth-order valence-corrected chi connectivity index (χ4v) is 4.38. The standard InChI is InChI=1S/C22H26N2O4S/c1-21(2,3)17-12-10-16(11-13-17)19(25)24-15-14-22(24,4)20(26)23-29(27,28)18-8-6-5-7-9-18/h5-13H,14-15H2,1-4H3,(H,23,26). The lowest BCUT2D eigenvalue weighted by molar-refractivity contribution is -0.135. The maximum absolute atomic E-state index is 12.9. The third kappa shape index (κ3) is 4.05. The van der Waals surface area contributed by atoms with E-state index in [2.05, 4.69) is 25.5 Å². The van der Waals surface area contributed by atoms with Gasteiger partial charge < -0.3 is 4.90 Å². The van der Waals surface area contributed by atoms with Crippen LogP contribution >= 0.6 is 0 Å². The molecular formula is C22H26N2O4S. The van der Waals surface area contributed by atoms with E-state index in [0.717, 1.165) is 5.56 Å². The highest BCUT2D eigenvalue weighted by atomic mass is 32.2. The van der Waals surface area contributed by atoms with Gasteiger partial charge in [-0.15, -0.1) is 0 Å². The van der Waals surface area contributed by atoms with Crippen molar-refractivity contribution in [1.29, 1.82) is 0 Å². The molecule has 1 N–H and O–H groups in total. The van der Waals surface area contributed by atoms with Gasteiger partial charge in [-0.3, -0.25) is 9.59 Å². The van der Waals surface area contributed by atoms with Crippen LogP contribution in [0.1, 0.15) is 50.0 Å². The van der Waals surface area contributed by atoms with Crippen LogP contribution in [0.2, 0.25) is 0 Å². The molecule has 0 radical (unpaired) electrons. The molecule has 2 aromatic rings. The van der Waals surface area contributed by atoms with Crippen LogP contribution in [0.25, 0.3) is 0 Å². The Balaban J connectivity index is 1.77. The molecule has 0 aliphatic carbocycles. The number of hydrogen-bond donors (Lipinski definition) is 1. The average Bonchev–Trinajstić information content (AvgIpc) is 2.66. The predicted octanol–water partition coefficient (Wildman–Crippen LogP) is 3.09. The van der Waals surface area contributed by atoms with Crippen LogP contribution in [-0.4, -0.2) is 37.2 Å². The zero-order valence-electron chi connectivity index (χ0n) is 17.1. The highest BCUT2D eigenvalue weighted by Crippen LogP contribution is 2.33. The second-order valence-corrected chi connectivity index (χ2v) is 10.2. The molecular weight excluding hydrogens is 388 g/mol. The number of nitrogens with zero attached hydrogens (tertiary/aromatic N) is 1. The van der Waals surface area contributed by atoms with Crippen LogP contribution in [0.4, 0.5) is 0 Å². The Morgan fingerprint density at radius 1 is 1.00 bits per heavy atom. The van der Waals surface area contributed by atoms with Gasteiger partial charge in [0.25, 0.3) is 21.8 Å². The SMILES string of the molecule is CC(C)(C)c1ccc(C(=O)N2CCC2(C)C(=O)NS(=O)(=O)c2ccccc2)cc1. The van der Waals surface area contributed by atoms with Gasteiger partial charge in [-0.25, -0.2) is 13.1 Å². The van der Waals surface area contributed by atoms with Crippen molar-refractivity contribution in [3.63, 3.8) is 0 Å². The lowest BCUT2D eigenvalue weighted by Gasteiger charge is -2.48. The van der Waals surface area contributed by atoms with E-state index in [0.29, 0.717) is 18.5 Å². The van der Waals surface area contributed by atoms with Crippen molar-refractivity contribution in [3.05, 3.63) is 65.7 Å². The Bertz CT molecular complexity index is 1020. The Morgan fingerprint density at radius 2 is 1.59 bits per heavy atom. The molecule has 0 spiro atoms. The number of benzene rings is 2. The van der Waals surface area contributed by atoms with Gasteiger partial charge in [0.1, 0.15) is 5.54 Å². The maximum Gasteiger partial charge on any atom is 0.264 e. The van der Waals surface area contributed by atoms with Crippen molar-refractivity contribution in [2.24, 2.45) is 0 Å². The summed E-state index contributed by atoms with van der Waals surface area (Å²) in [6.45, 7) is 8.26. The lowest BCUT2D eigenvalue weighted by Crippen LogP contribution is -2.67. The van der Waals surface area contributed by atoms with E-state index < -0.39 is 21.5 Å². The average molecular weight is 415 g/mol. The first-order chi connectivity index (χ1) is 13.4. The summed E-state index contributed by atoms with van der Waals surface area (Å²) in [4.78, 5) is 27.2. The molecule has 1 unspecified atom stereocenters. The van der Waals surface area contributed by atoms with E-state index in [1.165, 1.54) is 17.0 Å². The van der Waals surface area contributed by atoms with E-state index in [9.17, 15) is 18.0 Å². The smallest absolute Gasteiger partial charge is 0.264 e. The van der Waals surface area contributed by atoms with Crippen molar-refractivity contribution in [3.8, 4) is 0 Å². The highest BCUT2D eigenvalue weighted by molar-refractivity contribution is 7.90. The minimum absolute atomic E-state index is 0.00641. The molecule has 1 aliphatic heterocycles. The molecule has 0 bridgehead atoms. The summed E-state index contributed by atoms with van der Waals surface area (Å²) in [5.74, 6) is -0.987. The summed E-state index contributed by atoms with van der Waals surface area (Å²) < 4.78 is 27.1. The van der Waals surface area contributed by atoms with Crippen LogP contribution in [-0.2, 0) is 20.2 Å². The number of sulfonamides is 1. The van der Waals surface area contributed by atoms with E-state index in [-0.39, 0.29) is 16.2 Å². The molecule has 2 amide bonds. The third-order valence-corrected chi connectivity index (χ3v) is 6.78. The lowest BCUT2D eigenvalue weighted by atomic mass is 9.84. The predicted molar refractivity (Wildman–Crippen MR) is 111 cm³/mol. The van der Waals surface area contributed by atoms with Crippen LogP contribution < -0.4 is 4.72 Å². The van der Waals surface area contributed by atoms with Crippen LogP contribution in [0.5, 0.6) is 0 Å². The van der Waals surface area contributed by atoms with Crippen molar-refractivity contribution in [1.82, 2.24) is 9.62 Å². The Labute approximate surface area is 172 Å². The van der Waals surface area contributed by atoms with Gasteiger partial charge in [0.05, 0.1) is 4.90 Å². The minimum atomic E-state index is -3.99. The first-order valence-corrected chi connectivity index (χ1v) is 11.0. The minimum Gasteiger partial charge on any atom is -0.324 e. The fourth-order valence-electron chi connectivity index (χ4n) is 3.28. The van der Waals surface area contributed by atoms with Gasteiger partial charge >= 0.3 is 0 Å². The molecule has 1 atom stereocenters. The second-order valence-electron chi connectivity index (χ2n) is 8.56. The summed E-state index contributed by atoms with van der Waals surface area (Å²) in [5, 5.41) is 0. The van der Waals surface area contributed by atoms with Crippen molar-refractivity contribution in [2.75, 3.05) is 6.54 Å². The van der Waals surface area contributed by atoms with Gasteiger partial charge in [0.15, 0.2) is 0 Å². The van der Waals surface area contributed by atoms with Gasteiger partial charge in [-0.1, -0.05) is 51.1 Å². The zero-order chi connectivity index (χ0) is 21.4. The first-order valence-electron chi connectivity index (χ1n) is 9.50. The molecule has 1 heterocycles. The second kappa shape index (κ2) is 7.30. The monoisotopic (exact) mass is 414 g/mol. The summed E-state index contributed by atoms with van der Waals surface area (Å²) in [6.07, 6.45) is 0.398. The van der Waals surface area contributed by atoms with Gasteiger partial charge in [0.2, 0.25) is 0 Å². The maximum atomic E-state index is 12.9. The molecule has 3 rings (SSSR count). The van der Waals surface area contributed by atoms with Gasteiger partial charge in [-0.2, -0.15) is 0 Å². The molecule has 6 nitrogen and oxygen atoms in total. The first kappa shape index (κ1) is 21.0. The summed E-state index contributed by atoms with van der Waals surface area (Å²) in [7, 11) is -3.99. The molecule has 1 aliphatic rings. The third-order valence-electron chi connectivity index (χ3n) is 5.43. The van der Waals surface area contributed by atoms with E-state index >= 15 is 0 Å². The topological polar surface area (TPSA) is 83.6 Å². The summed E-state index contributed by atoms with van der Waals surface area (Å²) >= 11 is 0. The molecule has 1 fully saturated rings. The van der Waals surface area contributed by atoms with Crippen LogP contribution in [0.3, 0.4) is 0 Å². The quantitative estimate of drug-likeness (QED) is 0.833. The van der Waals surface area contributed by atoms with Gasteiger partial charge in [-0.05, 0) is 48.6 Å². The molecule has 7 heteroatoms. The number of rotatable bonds is 4. The highest BCUT2D eigenvalue weighted by Gasteiger charge is 2.50. The Morgan fingerprint density at radius 3 is 2.07 bits per heavy atom. The van der Waals surface area contributed by atoms with Crippen molar-refractivity contribution < 1.29 is 18.0 Å². The Kier molecular flexibility index (Phi) is 5.30. The summed E-state index contributed by atoms with van der Waals surface area (Å²) in [6, 6.07) is 15.0. The fraction of sp³-hybridized carbons (Fsp3) is 0.364. The number of carbonyl (C=O) groups excluding carboxylic acids is 2. The summed E-state index contributed by atoms with van der Waals surface area (Å²) in [5.41, 5.74) is 0.343.